The molecule has 7 atom stereocenters. The summed E-state index contributed by atoms with van der Waals surface area (Å²) in [7, 11) is -0.669. The van der Waals surface area contributed by atoms with E-state index in [9.17, 15) is 4.21 Å². The predicted molar refractivity (Wildman–Crippen MR) is 172 cm³/mol. The van der Waals surface area contributed by atoms with E-state index in [-0.39, 0.29) is 11.6 Å². The Morgan fingerprint density at radius 2 is 1.45 bits per heavy atom. The molecule has 10 heteroatoms. The van der Waals surface area contributed by atoms with Crippen molar-refractivity contribution < 1.29 is 37.1 Å². The minimum absolute atomic E-state index is 0.106. The van der Waals surface area contributed by atoms with Crippen LogP contribution >= 0.6 is 0 Å². The number of hydrogen-bond donors (Lipinski definition) is 0. The molecule has 0 aromatic heterocycles. The van der Waals surface area contributed by atoms with E-state index in [4.69, 9.17) is 32.8 Å². The second kappa shape index (κ2) is 13.8. The Bertz CT molecular complexity index is 1380. The van der Waals surface area contributed by atoms with Gasteiger partial charge in [-0.05, 0) is 60.1 Å². The van der Waals surface area contributed by atoms with Gasteiger partial charge in [-0.15, -0.1) is 0 Å². The van der Waals surface area contributed by atoms with Crippen molar-refractivity contribution in [3.63, 3.8) is 0 Å². The number of methoxy groups -OCH3 is 2. The highest BCUT2D eigenvalue weighted by atomic mass is 32.2. The molecule has 0 spiro atoms. The standard InChI is InChI=1S/C34H44O8SSi/c1-34(2,3)44(6,7)42-31-30(38-21-23-13-17-25(36-4)18-14-23)29-28(40-33(31)43(35)27-11-9-8-10-12-27)22-39-32(41-29)24-15-19-26(37-5)20-16-24/h8-20,28-33H,21-22H2,1-7H3/t28-,29-,30+,31+,32-,33-,43?/m1/s1. The molecule has 0 saturated carbocycles. The fourth-order valence-electron chi connectivity index (χ4n) is 5.08. The Morgan fingerprint density at radius 3 is 2.05 bits per heavy atom. The number of benzene rings is 3. The fraction of sp³-hybridized carbons (Fsp3) is 0.471. The zero-order chi connectivity index (χ0) is 31.5. The van der Waals surface area contributed by atoms with Crippen molar-refractivity contribution in [1.29, 1.82) is 0 Å². The van der Waals surface area contributed by atoms with Crippen LogP contribution < -0.4 is 9.47 Å². The lowest BCUT2D eigenvalue weighted by atomic mass is 9.98. The van der Waals surface area contributed by atoms with Crippen molar-refractivity contribution in [2.75, 3.05) is 20.8 Å². The summed E-state index contributed by atoms with van der Waals surface area (Å²) in [6.07, 6.45) is -2.93. The molecule has 1 unspecified atom stereocenters. The van der Waals surface area contributed by atoms with E-state index in [1.54, 1.807) is 14.2 Å². The van der Waals surface area contributed by atoms with Gasteiger partial charge in [-0.1, -0.05) is 63.2 Å². The van der Waals surface area contributed by atoms with Crippen LogP contribution in [0, 0.1) is 0 Å². The molecular formula is C34H44O8SSi. The Morgan fingerprint density at radius 1 is 0.841 bits per heavy atom. The van der Waals surface area contributed by atoms with Crippen LogP contribution in [0.5, 0.6) is 11.5 Å². The maximum absolute atomic E-state index is 14.2. The summed E-state index contributed by atoms with van der Waals surface area (Å²) in [6.45, 7) is 11.5. The maximum Gasteiger partial charge on any atom is 0.192 e. The molecule has 0 amide bonds. The van der Waals surface area contributed by atoms with Crippen molar-refractivity contribution in [2.45, 2.75) is 86.5 Å². The Labute approximate surface area is 264 Å². The van der Waals surface area contributed by atoms with Gasteiger partial charge in [0.25, 0.3) is 0 Å². The lowest BCUT2D eigenvalue weighted by molar-refractivity contribution is -0.324. The highest BCUT2D eigenvalue weighted by molar-refractivity contribution is 7.85. The predicted octanol–water partition coefficient (Wildman–Crippen LogP) is 6.63. The third-order valence-corrected chi connectivity index (χ3v) is 14.7. The second-order valence-corrected chi connectivity index (χ2v) is 18.9. The van der Waals surface area contributed by atoms with Gasteiger partial charge in [0.05, 0.1) is 38.2 Å². The molecule has 2 aliphatic heterocycles. The van der Waals surface area contributed by atoms with Gasteiger partial charge in [-0.25, -0.2) is 0 Å². The van der Waals surface area contributed by atoms with Crippen molar-refractivity contribution in [2.24, 2.45) is 0 Å². The van der Waals surface area contributed by atoms with Crippen LogP contribution in [-0.2, 0) is 40.8 Å². The van der Waals surface area contributed by atoms with Crippen LogP contribution in [0.25, 0.3) is 0 Å². The summed E-state index contributed by atoms with van der Waals surface area (Å²) >= 11 is 0. The van der Waals surface area contributed by atoms with Crippen molar-refractivity contribution in [3.8, 4) is 11.5 Å². The Hall–Kier alpha value is -2.57. The normalized spacial score (nSPS) is 26.4. The zero-order valence-corrected chi connectivity index (χ0v) is 28.4. The molecule has 0 bridgehead atoms. The van der Waals surface area contributed by atoms with E-state index in [0.29, 0.717) is 11.5 Å². The molecule has 3 aromatic rings. The SMILES string of the molecule is COc1ccc(CO[C@H]2[C@@H]3O[C@H](c4ccc(OC)cc4)OC[C@H]3O[C@H](S(=O)c3ccccc3)[C@H]2O[Si](C)(C)C(C)(C)C)cc1. The van der Waals surface area contributed by atoms with Crippen LogP contribution in [0.1, 0.15) is 38.2 Å². The van der Waals surface area contributed by atoms with E-state index >= 15 is 0 Å². The average molecular weight is 641 g/mol. The molecule has 2 aliphatic rings. The van der Waals surface area contributed by atoms with Gasteiger partial charge in [-0.2, -0.15) is 0 Å². The third kappa shape index (κ3) is 7.28. The van der Waals surface area contributed by atoms with E-state index in [2.05, 4.69) is 33.9 Å². The fourth-order valence-corrected chi connectivity index (χ4v) is 7.87. The van der Waals surface area contributed by atoms with E-state index < -0.39 is 55.3 Å². The van der Waals surface area contributed by atoms with Crippen molar-refractivity contribution >= 4 is 19.1 Å². The molecule has 8 nitrogen and oxygen atoms in total. The summed E-state index contributed by atoms with van der Waals surface area (Å²) in [4.78, 5) is 0.669. The summed E-state index contributed by atoms with van der Waals surface area (Å²) in [6, 6.07) is 24.8. The second-order valence-electron chi connectivity index (χ2n) is 12.7. The zero-order valence-electron chi connectivity index (χ0n) is 26.6. The molecule has 5 rings (SSSR count). The number of ether oxygens (including phenoxy) is 6. The average Bonchev–Trinajstić information content (AvgIpc) is 3.03. The summed E-state index contributed by atoms with van der Waals surface area (Å²) in [5, 5.41) is -0.106. The Kier molecular flexibility index (Phi) is 10.3. The monoisotopic (exact) mass is 640 g/mol. The first kappa shape index (κ1) is 32.8. The van der Waals surface area contributed by atoms with E-state index in [1.165, 1.54) is 0 Å². The third-order valence-electron chi connectivity index (χ3n) is 8.70. The molecule has 238 valence electrons. The lowest BCUT2D eigenvalue weighted by Crippen LogP contribution is -2.66. The molecule has 3 aromatic carbocycles. The van der Waals surface area contributed by atoms with Crippen molar-refractivity contribution in [1.82, 2.24) is 0 Å². The minimum Gasteiger partial charge on any atom is -0.497 e. The highest BCUT2D eigenvalue weighted by Crippen LogP contribution is 2.43. The lowest BCUT2D eigenvalue weighted by Gasteiger charge is -2.51. The topological polar surface area (TPSA) is 81.7 Å². The smallest absolute Gasteiger partial charge is 0.192 e. The van der Waals surface area contributed by atoms with Gasteiger partial charge in [0.1, 0.15) is 35.9 Å². The van der Waals surface area contributed by atoms with E-state index in [0.717, 1.165) is 22.6 Å². The van der Waals surface area contributed by atoms with Gasteiger partial charge >= 0.3 is 0 Å². The van der Waals surface area contributed by atoms with Crippen LogP contribution in [0.2, 0.25) is 18.1 Å². The van der Waals surface area contributed by atoms with Gasteiger partial charge in [0, 0.05) is 10.5 Å². The van der Waals surface area contributed by atoms with Gasteiger partial charge in [0.15, 0.2) is 20.0 Å². The van der Waals surface area contributed by atoms with Gasteiger partial charge in [-0.3, -0.25) is 4.21 Å². The molecule has 2 saturated heterocycles. The Balaban J connectivity index is 1.52. The first-order valence-corrected chi connectivity index (χ1v) is 19.1. The van der Waals surface area contributed by atoms with Crippen LogP contribution in [0.4, 0.5) is 0 Å². The van der Waals surface area contributed by atoms with Crippen molar-refractivity contribution in [3.05, 3.63) is 90.0 Å². The summed E-state index contributed by atoms with van der Waals surface area (Å²) in [5.41, 5.74) is 1.03. The van der Waals surface area contributed by atoms with Gasteiger partial charge in [0.2, 0.25) is 0 Å². The van der Waals surface area contributed by atoms with Gasteiger partial charge < -0.3 is 32.8 Å². The van der Waals surface area contributed by atoms with E-state index in [1.807, 2.05) is 78.9 Å². The first-order valence-electron chi connectivity index (χ1n) is 14.9. The number of hydrogen-bond acceptors (Lipinski definition) is 8. The maximum atomic E-state index is 14.2. The first-order chi connectivity index (χ1) is 21.0. The summed E-state index contributed by atoms with van der Waals surface area (Å²) < 4.78 is 58.2. The molecular weight excluding hydrogens is 597 g/mol. The largest absolute Gasteiger partial charge is 0.497 e. The molecule has 0 radical (unpaired) electrons. The van der Waals surface area contributed by atoms with Crippen LogP contribution in [0.3, 0.4) is 0 Å². The highest BCUT2D eigenvalue weighted by Gasteiger charge is 2.55. The quantitative estimate of drug-likeness (QED) is 0.229. The molecule has 2 heterocycles. The minimum atomic E-state index is -2.40. The molecule has 0 N–H and O–H groups in total. The number of fused-ring (bicyclic) bond motifs is 1. The van der Waals surface area contributed by atoms with Crippen LogP contribution in [-0.4, -0.2) is 63.2 Å². The molecule has 2 fully saturated rings. The molecule has 0 aliphatic carbocycles. The molecule has 44 heavy (non-hydrogen) atoms. The van der Waals surface area contributed by atoms with Crippen LogP contribution in [0.15, 0.2) is 83.8 Å². The summed E-state index contributed by atoms with van der Waals surface area (Å²) in [5.74, 6) is 1.52. The number of rotatable bonds is 10.